The van der Waals surface area contributed by atoms with Gasteiger partial charge in [-0.3, -0.25) is 9.59 Å². The molecule has 1 aliphatic rings. The van der Waals surface area contributed by atoms with Gasteiger partial charge in [0.25, 0.3) is 0 Å². The number of anilines is 2. The van der Waals surface area contributed by atoms with Crippen molar-refractivity contribution in [3.8, 4) is 0 Å². The summed E-state index contributed by atoms with van der Waals surface area (Å²) in [5, 5.41) is 5.57. The van der Waals surface area contributed by atoms with Crippen LogP contribution in [0, 0.1) is 5.92 Å². The highest BCUT2D eigenvalue weighted by molar-refractivity contribution is 5.94. The summed E-state index contributed by atoms with van der Waals surface area (Å²) in [6, 6.07) is 17.8. The third-order valence-corrected chi connectivity index (χ3v) is 5.13. The quantitative estimate of drug-likeness (QED) is 0.773. The number of rotatable bonds is 7. The average Bonchev–Trinajstić information content (AvgIpc) is 2.74. The Bertz CT molecular complexity index is 768. The molecule has 2 amide bonds. The molecule has 1 atom stereocenters. The second-order valence-corrected chi connectivity index (χ2v) is 7.45. The number of hydrogen-bond acceptors (Lipinski definition) is 3. The van der Waals surface area contributed by atoms with E-state index in [2.05, 4.69) is 15.5 Å². The second kappa shape index (κ2) is 9.93. The molecule has 0 saturated carbocycles. The van der Waals surface area contributed by atoms with Crippen molar-refractivity contribution < 1.29 is 9.59 Å². The molecule has 1 saturated heterocycles. The number of hydrogen-bond donors (Lipinski definition) is 2. The molecule has 0 radical (unpaired) electrons. The van der Waals surface area contributed by atoms with E-state index in [1.54, 1.807) is 0 Å². The predicted octanol–water partition coefficient (Wildman–Crippen LogP) is 3.61. The predicted molar refractivity (Wildman–Crippen MR) is 113 cm³/mol. The van der Waals surface area contributed by atoms with Gasteiger partial charge in [-0.15, -0.1) is 0 Å². The van der Waals surface area contributed by atoms with E-state index in [1.165, 1.54) is 24.9 Å². The van der Waals surface area contributed by atoms with E-state index in [1.807, 2.05) is 61.5 Å². The number of amides is 2. The third-order valence-electron chi connectivity index (χ3n) is 5.13. The first-order valence-electron chi connectivity index (χ1n) is 10.1. The van der Waals surface area contributed by atoms with Crippen LogP contribution in [-0.4, -0.2) is 31.4 Å². The zero-order valence-electron chi connectivity index (χ0n) is 16.5. The summed E-state index contributed by atoms with van der Waals surface area (Å²) < 4.78 is 0. The topological polar surface area (TPSA) is 61.4 Å². The standard InChI is InChI=1S/C23H29N3O2/c1-18(16-19-8-4-2-5-9-19)23(28)24-17-22(27)25-20-10-12-21(13-11-20)26-14-6-3-7-15-26/h2,4-5,8-13,18H,3,6-7,14-17H2,1H3,(H,24,28)(H,25,27). The Labute approximate surface area is 167 Å². The maximum atomic E-state index is 12.2. The highest BCUT2D eigenvalue weighted by Gasteiger charge is 2.15. The molecule has 28 heavy (non-hydrogen) atoms. The van der Waals surface area contributed by atoms with E-state index in [4.69, 9.17) is 0 Å². The van der Waals surface area contributed by atoms with Gasteiger partial charge in [0, 0.05) is 30.4 Å². The van der Waals surface area contributed by atoms with Crippen molar-refractivity contribution in [3.05, 3.63) is 60.2 Å². The first-order chi connectivity index (χ1) is 13.6. The summed E-state index contributed by atoms with van der Waals surface area (Å²) in [7, 11) is 0. The highest BCUT2D eigenvalue weighted by Crippen LogP contribution is 2.21. The molecule has 0 spiro atoms. The summed E-state index contributed by atoms with van der Waals surface area (Å²) in [5.41, 5.74) is 3.06. The molecule has 148 valence electrons. The molecule has 0 aliphatic carbocycles. The Balaban J connectivity index is 1.42. The van der Waals surface area contributed by atoms with Crippen LogP contribution >= 0.6 is 0 Å². The molecule has 0 bridgehead atoms. The van der Waals surface area contributed by atoms with Gasteiger partial charge >= 0.3 is 0 Å². The zero-order valence-corrected chi connectivity index (χ0v) is 16.5. The van der Waals surface area contributed by atoms with Gasteiger partial charge < -0.3 is 15.5 Å². The van der Waals surface area contributed by atoms with Gasteiger partial charge in [-0.2, -0.15) is 0 Å². The van der Waals surface area contributed by atoms with Crippen LogP contribution in [0.15, 0.2) is 54.6 Å². The molecule has 2 aromatic carbocycles. The molecule has 1 unspecified atom stereocenters. The van der Waals surface area contributed by atoms with Gasteiger partial charge in [-0.05, 0) is 55.5 Å². The lowest BCUT2D eigenvalue weighted by atomic mass is 10.0. The second-order valence-electron chi connectivity index (χ2n) is 7.45. The molecule has 1 heterocycles. The first-order valence-corrected chi connectivity index (χ1v) is 10.1. The van der Waals surface area contributed by atoms with Crippen LogP contribution in [0.4, 0.5) is 11.4 Å². The SMILES string of the molecule is CC(Cc1ccccc1)C(=O)NCC(=O)Nc1ccc(N2CCCCC2)cc1. The van der Waals surface area contributed by atoms with Gasteiger partial charge in [0.15, 0.2) is 0 Å². The van der Waals surface area contributed by atoms with E-state index >= 15 is 0 Å². The fourth-order valence-electron chi connectivity index (χ4n) is 3.51. The molecule has 1 aliphatic heterocycles. The Morgan fingerprint density at radius 1 is 0.964 bits per heavy atom. The summed E-state index contributed by atoms with van der Waals surface area (Å²) in [4.78, 5) is 26.8. The van der Waals surface area contributed by atoms with E-state index in [9.17, 15) is 9.59 Å². The minimum absolute atomic E-state index is 0.0220. The molecule has 1 fully saturated rings. The maximum absolute atomic E-state index is 12.2. The van der Waals surface area contributed by atoms with Crippen LogP contribution < -0.4 is 15.5 Å². The summed E-state index contributed by atoms with van der Waals surface area (Å²) in [6.45, 7) is 4.04. The fraction of sp³-hybridized carbons (Fsp3) is 0.391. The van der Waals surface area contributed by atoms with Crippen molar-refractivity contribution in [2.75, 3.05) is 29.9 Å². The zero-order chi connectivity index (χ0) is 19.8. The monoisotopic (exact) mass is 379 g/mol. The molecule has 3 rings (SSSR count). The summed E-state index contributed by atoms with van der Waals surface area (Å²) in [6.07, 6.45) is 4.44. The van der Waals surface area contributed by atoms with Gasteiger partial charge in [0.2, 0.25) is 11.8 Å². The van der Waals surface area contributed by atoms with Crippen LogP contribution in [0.3, 0.4) is 0 Å². The smallest absolute Gasteiger partial charge is 0.243 e. The Kier molecular flexibility index (Phi) is 7.06. The molecule has 0 aromatic heterocycles. The largest absolute Gasteiger partial charge is 0.372 e. The summed E-state index contributed by atoms with van der Waals surface area (Å²) >= 11 is 0. The molecule has 2 aromatic rings. The van der Waals surface area contributed by atoms with Crippen LogP contribution in [0.1, 0.15) is 31.7 Å². The van der Waals surface area contributed by atoms with E-state index in [0.29, 0.717) is 6.42 Å². The van der Waals surface area contributed by atoms with Gasteiger partial charge in [-0.1, -0.05) is 37.3 Å². The number of carbonyl (C=O) groups excluding carboxylic acids is 2. The van der Waals surface area contributed by atoms with Crippen molar-refractivity contribution in [1.82, 2.24) is 5.32 Å². The average molecular weight is 380 g/mol. The van der Waals surface area contributed by atoms with E-state index in [0.717, 1.165) is 24.3 Å². The maximum Gasteiger partial charge on any atom is 0.243 e. The van der Waals surface area contributed by atoms with Crippen molar-refractivity contribution >= 4 is 23.2 Å². The molecule has 5 heteroatoms. The molecular weight excluding hydrogens is 350 g/mol. The number of benzene rings is 2. The van der Waals surface area contributed by atoms with Gasteiger partial charge in [0.05, 0.1) is 6.54 Å². The van der Waals surface area contributed by atoms with Crippen LogP contribution in [0.25, 0.3) is 0 Å². The van der Waals surface area contributed by atoms with Crippen LogP contribution in [0.2, 0.25) is 0 Å². The lowest BCUT2D eigenvalue weighted by Gasteiger charge is -2.28. The normalized spacial score (nSPS) is 15.0. The number of nitrogens with zero attached hydrogens (tertiary/aromatic N) is 1. The highest BCUT2D eigenvalue weighted by atomic mass is 16.2. The van der Waals surface area contributed by atoms with Crippen LogP contribution in [0.5, 0.6) is 0 Å². The lowest BCUT2D eigenvalue weighted by molar-refractivity contribution is -0.126. The van der Waals surface area contributed by atoms with Crippen molar-refractivity contribution in [2.24, 2.45) is 5.92 Å². The van der Waals surface area contributed by atoms with Crippen LogP contribution in [-0.2, 0) is 16.0 Å². The number of nitrogens with one attached hydrogen (secondary N) is 2. The molecule has 2 N–H and O–H groups in total. The van der Waals surface area contributed by atoms with Crippen molar-refractivity contribution in [3.63, 3.8) is 0 Å². The Hall–Kier alpha value is -2.82. The van der Waals surface area contributed by atoms with Gasteiger partial charge in [0.1, 0.15) is 0 Å². The van der Waals surface area contributed by atoms with E-state index < -0.39 is 0 Å². The first kappa shape index (κ1) is 19.9. The summed E-state index contributed by atoms with van der Waals surface area (Å²) in [5.74, 6) is -0.510. The number of piperidine rings is 1. The Morgan fingerprint density at radius 2 is 1.64 bits per heavy atom. The molecule has 5 nitrogen and oxygen atoms in total. The lowest BCUT2D eigenvalue weighted by Crippen LogP contribution is -2.36. The fourth-order valence-corrected chi connectivity index (χ4v) is 3.51. The molecular formula is C23H29N3O2. The Morgan fingerprint density at radius 3 is 2.32 bits per heavy atom. The number of carbonyl (C=O) groups is 2. The third kappa shape index (κ3) is 5.84. The van der Waals surface area contributed by atoms with Crippen molar-refractivity contribution in [1.29, 1.82) is 0 Å². The minimum atomic E-state index is -0.217. The van der Waals surface area contributed by atoms with Gasteiger partial charge in [-0.25, -0.2) is 0 Å². The van der Waals surface area contributed by atoms with Crippen molar-refractivity contribution in [2.45, 2.75) is 32.6 Å². The van der Waals surface area contributed by atoms with E-state index in [-0.39, 0.29) is 24.3 Å². The minimum Gasteiger partial charge on any atom is -0.372 e.